The van der Waals surface area contributed by atoms with E-state index < -0.39 is 0 Å². The van der Waals surface area contributed by atoms with Crippen molar-refractivity contribution in [2.75, 3.05) is 5.43 Å². The molecule has 20 heavy (non-hydrogen) atoms. The lowest BCUT2D eigenvalue weighted by Gasteiger charge is -1.96. The maximum Gasteiger partial charge on any atom is 0.252 e. The van der Waals surface area contributed by atoms with E-state index in [1.54, 1.807) is 13.1 Å². The molecule has 0 spiro atoms. The number of aryl methyl sites for hydroxylation is 1. The fourth-order valence-corrected chi connectivity index (χ4v) is 1.47. The Morgan fingerprint density at radius 2 is 2.15 bits per heavy atom. The molecule has 0 aliphatic carbocycles. The van der Waals surface area contributed by atoms with Crippen LogP contribution in [-0.4, -0.2) is 11.2 Å². The van der Waals surface area contributed by atoms with Crippen molar-refractivity contribution >= 4 is 17.7 Å². The Bertz CT molecular complexity index is 690. The van der Waals surface area contributed by atoms with Crippen molar-refractivity contribution in [2.45, 2.75) is 13.8 Å². The van der Waals surface area contributed by atoms with Crippen molar-refractivity contribution in [3.63, 3.8) is 0 Å². The number of allylic oxidation sites excluding steroid dienone is 1. The van der Waals surface area contributed by atoms with Crippen LogP contribution in [0.2, 0.25) is 0 Å². The molecule has 1 aromatic heterocycles. The number of hydrogen-bond acceptors (Lipinski definition) is 5. The lowest BCUT2D eigenvalue weighted by Crippen LogP contribution is -1.91. The molecule has 5 nitrogen and oxygen atoms in total. The van der Waals surface area contributed by atoms with Gasteiger partial charge in [0.25, 0.3) is 5.88 Å². The van der Waals surface area contributed by atoms with Crippen LogP contribution in [0, 0.1) is 18.3 Å². The van der Waals surface area contributed by atoms with Crippen molar-refractivity contribution in [3.05, 3.63) is 53.6 Å². The van der Waals surface area contributed by atoms with E-state index in [-0.39, 0.29) is 11.6 Å². The van der Waals surface area contributed by atoms with E-state index >= 15 is 0 Å². The summed E-state index contributed by atoms with van der Waals surface area (Å²) in [6, 6.07) is 9.84. The van der Waals surface area contributed by atoms with Crippen LogP contribution in [0.3, 0.4) is 0 Å². The van der Waals surface area contributed by atoms with Crippen LogP contribution in [0.4, 0.5) is 5.88 Å². The zero-order valence-electron chi connectivity index (χ0n) is 11.3. The number of rotatable bonds is 4. The second-order valence-electron chi connectivity index (χ2n) is 4.37. The van der Waals surface area contributed by atoms with E-state index in [1.807, 2.05) is 37.3 Å². The standard InChI is InChI=1S/C15H14N4O/c1-10(2)14-18-13(8-16)15(20-14)19-17-9-12-6-4-11(3)5-7-12/h4-7,9,19H,1H2,2-3H3. The molecule has 1 heterocycles. The van der Waals surface area contributed by atoms with Gasteiger partial charge in [0.1, 0.15) is 6.07 Å². The highest BCUT2D eigenvalue weighted by molar-refractivity contribution is 5.80. The van der Waals surface area contributed by atoms with Gasteiger partial charge in [0.05, 0.1) is 6.21 Å². The summed E-state index contributed by atoms with van der Waals surface area (Å²) < 4.78 is 5.37. The quantitative estimate of drug-likeness (QED) is 0.680. The highest BCUT2D eigenvalue weighted by Crippen LogP contribution is 2.20. The van der Waals surface area contributed by atoms with Crippen molar-refractivity contribution < 1.29 is 4.42 Å². The fraction of sp³-hybridized carbons (Fsp3) is 0.133. The van der Waals surface area contributed by atoms with Gasteiger partial charge in [-0.1, -0.05) is 36.4 Å². The molecule has 0 saturated heterocycles. The predicted octanol–water partition coefficient (Wildman–Crippen LogP) is 3.33. The second-order valence-corrected chi connectivity index (χ2v) is 4.37. The first-order valence-corrected chi connectivity index (χ1v) is 6.02. The predicted molar refractivity (Wildman–Crippen MR) is 78.3 cm³/mol. The van der Waals surface area contributed by atoms with E-state index in [4.69, 9.17) is 9.68 Å². The zero-order chi connectivity index (χ0) is 14.5. The molecule has 0 saturated carbocycles. The molecule has 1 N–H and O–H groups in total. The van der Waals surface area contributed by atoms with Gasteiger partial charge in [-0.15, -0.1) is 0 Å². The van der Waals surface area contributed by atoms with Crippen LogP contribution in [0.5, 0.6) is 0 Å². The Hall–Kier alpha value is -2.87. The van der Waals surface area contributed by atoms with E-state index in [0.29, 0.717) is 11.5 Å². The smallest absolute Gasteiger partial charge is 0.252 e. The van der Waals surface area contributed by atoms with Crippen LogP contribution in [-0.2, 0) is 0 Å². The Morgan fingerprint density at radius 3 is 2.75 bits per heavy atom. The average molecular weight is 266 g/mol. The Morgan fingerprint density at radius 1 is 1.45 bits per heavy atom. The van der Waals surface area contributed by atoms with Gasteiger partial charge < -0.3 is 4.42 Å². The van der Waals surface area contributed by atoms with Gasteiger partial charge in [-0.2, -0.15) is 15.3 Å². The minimum absolute atomic E-state index is 0.157. The number of nitrogens with one attached hydrogen (secondary N) is 1. The van der Waals surface area contributed by atoms with Crippen molar-refractivity contribution in [3.8, 4) is 6.07 Å². The lowest BCUT2D eigenvalue weighted by molar-refractivity contribution is 0.554. The summed E-state index contributed by atoms with van der Waals surface area (Å²) >= 11 is 0. The topological polar surface area (TPSA) is 74.2 Å². The molecule has 2 rings (SSSR count). The Balaban J connectivity index is 2.12. The maximum absolute atomic E-state index is 8.97. The monoisotopic (exact) mass is 266 g/mol. The number of benzene rings is 1. The van der Waals surface area contributed by atoms with Crippen LogP contribution in [0.15, 0.2) is 40.4 Å². The third kappa shape index (κ3) is 3.12. The zero-order valence-corrected chi connectivity index (χ0v) is 11.3. The molecule has 0 aliphatic rings. The summed E-state index contributed by atoms with van der Waals surface area (Å²) in [5, 5.41) is 13.0. The molecule has 1 aromatic carbocycles. The normalized spacial score (nSPS) is 10.4. The molecule has 0 atom stereocenters. The van der Waals surface area contributed by atoms with E-state index in [9.17, 15) is 0 Å². The molecule has 100 valence electrons. The molecule has 0 unspecified atom stereocenters. The minimum Gasteiger partial charge on any atom is -0.418 e. The summed E-state index contributed by atoms with van der Waals surface area (Å²) in [5.74, 6) is 0.545. The van der Waals surface area contributed by atoms with Crippen molar-refractivity contribution in [1.82, 2.24) is 4.98 Å². The van der Waals surface area contributed by atoms with Crippen LogP contribution in [0.25, 0.3) is 5.57 Å². The van der Waals surface area contributed by atoms with Gasteiger partial charge in [-0.3, -0.25) is 0 Å². The SMILES string of the molecule is C=C(C)c1nc(C#N)c(NN=Cc2ccc(C)cc2)o1. The molecule has 0 fully saturated rings. The van der Waals surface area contributed by atoms with Crippen molar-refractivity contribution in [2.24, 2.45) is 5.10 Å². The molecular formula is C15H14N4O. The first kappa shape index (κ1) is 13.6. The summed E-state index contributed by atoms with van der Waals surface area (Å²) in [4.78, 5) is 4.00. The number of oxazole rings is 1. The van der Waals surface area contributed by atoms with Gasteiger partial charge in [0.15, 0.2) is 0 Å². The molecule has 0 radical (unpaired) electrons. The number of nitrogens with zero attached hydrogens (tertiary/aromatic N) is 3. The largest absolute Gasteiger partial charge is 0.418 e. The number of hydrogen-bond donors (Lipinski definition) is 1. The second kappa shape index (κ2) is 5.85. The fourth-order valence-electron chi connectivity index (χ4n) is 1.47. The third-order valence-electron chi connectivity index (χ3n) is 2.56. The van der Waals surface area contributed by atoms with Gasteiger partial charge >= 0.3 is 0 Å². The minimum atomic E-state index is 0.157. The van der Waals surface area contributed by atoms with Gasteiger partial charge in [-0.25, -0.2) is 5.43 Å². The summed E-state index contributed by atoms with van der Waals surface area (Å²) in [5.41, 5.74) is 5.61. The number of aromatic nitrogens is 1. The summed E-state index contributed by atoms with van der Waals surface area (Å²) in [6.45, 7) is 7.49. The van der Waals surface area contributed by atoms with Gasteiger partial charge in [0, 0.05) is 5.57 Å². The number of anilines is 1. The maximum atomic E-state index is 8.97. The number of nitriles is 1. The van der Waals surface area contributed by atoms with E-state index in [0.717, 1.165) is 5.56 Å². The molecule has 0 aliphatic heterocycles. The van der Waals surface area contributed by atoms with Crippen molar-refractivity contribution in [1.29, 1.82) is 5.26 Å². The van der Waals surface area contributed by atoms with E-state index in [2.05, 4.69) is 22.1 Å². The third-order valence-corrected chi connectivity index (χ3v) is 2.56. The highest BCUT2D eigenvalue weighted by atomic mass is 16.4. The molecular weight excluding hydrogens is 252 g/mol. The number of hydrazone groups is 1. The summed E-state index contributed by atoms with van der Waals surface area (Å²) in [6.07, 6.45) is 1.64. The Kier molecular flexibility index (Phi) is 3.96. The van der Waals surface area contributed by atoms with E-state index in [1.165, 1.54) is 5.56 Å². The lowest BCUT2D eigenvalue weighted by atomic mass is 10.2. The van der Waals surface area contributed by atoms with Gasteiger partial charge in [-0.05, 0) is 19.4 Å². The first-order chi connectivity index (χ1) is 9.60. The summed E-state index contributed by atoms with van der Waals surface area (Å²) in [7, 11) is 0. The Labute approximate surface area is 117 Å². The molecule has 0 bridgehead atoms. The van der Waals surface area contributed by atoms with Gasteiger partial charge in [0.2, 0.25) is 11.6 Å². The molecule has 5 heteroatoms. The van der Waals surface area contributed by atoms with Crippen LogP contribution < -0.4 is 5.43 Å². The average Bonchev–Trinajstić information content (AvgIpc) is 2.84. The molecule has 2 aromatic rings. The molecule has 0 amide bonds. The highest BCUT2D eigenvalue weighted by Gasteiger charge is 2.12. The van der Waals surface area contributed by atoms with Crippen LogP contribution in [0.1, 0.15) is 29.6 Å². The first-order valence-electron chi connectivity index (χ1n) is 6.02. The van der Waals surface area contributed by atoms with Crippen LogP contribution >= 0.6 is 0 Å².